The molecule has 1 aromatic carbocycles. The Morgan fingerprint density at radius 1 is 1.23 bits per heavy atom. The molecule has 0 spiro atoms. The van der Waals surface area contributed by atoms with Gasteiger partial charge in [-0.2, -0.15) is 0 Å². The quantitative estimate of drug-likeness (QED) is 0.318. The summed E-state index contributed by atoms with van der Waals surface area (Å²) in [7, 11) is 0. The van der Waals surface area contributed by atoms with Crippen LogP contribution in [0, 0.1) is 0 Å². The van der Waals surface area contributed by atoms with E-state index in [0.29, 0.717) is 0 Å². The molecule has 1 amide bonds. The molecule has 0 aromatic heterocycles. The molecule has 1 aliphatic rings. The molecule has 1 aromatic rings. The number of thioether (sulfide) groups is 1. The Kier molecular flexibility index (Phi) is 7.82. The molecule has 2 rings (SSSR count). The smallest absolute Gasteiger partial charge is 0.331 e. The van der Waals surface area contributed by atoms with Crippen LogP contribution in [-0.4, -0.2) is 68.9 Å². The second-order valence-corrected chi connectivity index (χ2v) is 9.16. The Bertz CT molecular complexity index is 803. The fraction of sp³-hybridized carbons (Fsp3) is 0.474. The highest BCUT2D eigenvalue weighted by molar-refractivity contribution is 8.01. The lowest BCUT2D eigenvalue weighted by Crippen LogP contribution is -2.55. The first-order chi connectivity index (χ1) is 14.0. The van der Waals surface area contributed by atoms with Gasteiger partial charge in [0.1, 0.15) is 18.7 Å². The summed E-state index contributed by atoms with van der Waals surface area (Å²) < 4.78 is 4.23. The molecular formula is C19H25N3O7S. The number of esters is 1. The van der Waals surface area contributed by atoms with Gasteiger partial charge in [0.05, 0.1) is 11.8 Å². The maximum Gasteiger partial charge on any atom is 0.331 e. The molecule has 1 saturated heterocycles. The minimum atomic E-state index is -1.41. The van der Waals surface area contributed by atoms with Gasteiger partial charge in [-0.15, -0.1) is 11.8 Å². The third-order valence-electron chi connectivity index (χ3n) is 4.51. The second-order valence-electron chi connectivity index (χ2n) is 7.36. The zero-order chi connectivity index (χ0) is 22.5. The SMILES string of the molecule is CC1(C)S[C@@H]([C@@H](NC(=O)Cc2ccccc2)C(=O)OC[C@@H](N)C(=O)O)N[C@H]1C(=O)O. The fourth-order valence-electron chi connectivity index (χ4n) is 2.92. The number of hydrogen-bond donors (Lipinski definition) is 5. The first-order valence-corrected chi connectivity index (χ1v) is 10.0. The zero-order valence-corrected chi connectivity index (χ0v) is 17.3. The number of hydrogen-bond acceptors (Lipinski definition) is 8. The molecule has 1 fully saturated rings. The van der Waals surface area contributed by atoms with Gasteiger partial charge >= 0.3 is 17.9 Å². The largest absolute Gasteiger partial charge is 0.480 e. The summed E-state index contributed by atoms with van der Waals surface area (Å²) >= 11 is 1.17. The van der Waals surface area contributed by atoms with E-state index in [-0.39, 0.29) is 6.42 Å². The Balaban J connectivity index is 2.15. The second kappa shape index (κ2) is 9.92. The van der Waals surface area contributed by atoms with Crippen molar-refractivity contribution in [1.82, 2.24) is 10.6 Å². The normalized spacial score (nSPS) is 22.0. The highest BCUT2D eigenvalue weighted by Crippen LogP contribution is 2.39. The lowest BCUT2D eigenvalue weighted by molar-refractivity contribution is -0.151. The molecular weight excluding hydrogens is 414 g/mol. The molecule has 0 saturated carbocycles. The molecule has 1 aliphatic heterocycles. The van der Waals surface area contributed by atoms with Gasteiger partial charge in [0, 0.05) is 4.75 Å². The van der Waals surface area contributed by atoms with E-state index in [1.807, 2.05) is 0 Å². The number of carboxylic acid groups (broad SMARTS) is 2. The van der Waals surface area contributed by atoms with Gasteiger partial charge in [-0.25, -0.2) is 4.79 Å². The van der Waals surface area contributed by atoms with Crippen molar-refractivity contribution in [3.63, 3.8) is 0 Å². The lowest BCUT2D eigenvalue weighted by Gasteiger charge is -2.24. The summed E-state index contributed by atoms with van der Waals surface area (Å²) in [5, 5.41) is 22.9. The summed E-state index contributed by atoms with van der Waals surface area (Å²) in [6.45, 7) is 2.83. The zero-order valence-electron chi connectivity index (χ0n) is 16.5. The number of aliphatic carboxylic acids is 2. The van der Waals surface area contributed by atoms with Gasteiger partial charge in [-0.3, -0.25) is 19.7 Å². The van der Waals surface area contributed by atoms with Crippen LogP contribution < -0.4 is 16.4 Å². The molecule has 10 nitrogen and oxygen atoms in total. The van der Waals surface area contributed by atoms with Gasteiger partial charge in [0.25, 0.3) is 0 Å². The van der Waals surface area contributed by atoms with E-state index in [4.69, 9.17) is 15.6 Å². The number of carbonyl (C=O) groups is 4. The number of carbonyl (C=O) groups excluding carboxylic acids is 2. The van der Waals surface area contributed by atoms with Crippen LogP contribution in [0.4, 0.5) is 0 Å². The van der Waals surface area contributed by atoms with Crippen molar-refractivity contribution in [2.24, 2.45) is 5.73 Å². The van der Waals surface area contributed by atoms with Gasteiger partial charge < -0.3 is 26.0 Å². The molecule has 164 valence electrons. The Morgan fingerprint density at radius 2 is 1.87 bits per heavy atom. The monoisotopic (exact) mass is 439 g/mol. The number of rotatable bonds is 9. The number of ether oxygens (including phenoxy) is 1. The summed E-state index contributed by atoms with van der Waals surface area (Å²) in [5.74, 6) is -3.80. The minimum Gasteiger partial charge on any atom is -0.480 e. The number of nitrogens with two attached hydrogens (primary N) is 1. The van der Waals surface area contributed by atoms with E-state index < -0.39 is 58.7 Å². The topological polar surface area (TPSA) is 168 Å². The van der Waals surface area contributed by atoms with E-state index in [2.05, 4.69) is 10.6 Å². The summed E-state index contributed by atoms with van der Waals surface area (Å²) in [5.41, 5.74) is 6.09. The molecule has 0 aliphatic carbocycles. The van der Waals surface area contributed by atoms with Crippen molar-refractivity contribution in [2.45, 2.75) is 48.5 Å². The average molecular weight is 439 g/mol. The molecule has 0 unspecified atom stereocenters. The van der Waals surface area contributed by atoms with E-state index >= 15 is 0 Å². The highest BCUT2D eigenvalue weighted by atomic mass is 32.2. The maximum atomic E-state index is 12.6. The van der Waals surface area contributed by atoms with E-state index in [9.17, 15) is 24.3 Å². The van der Waals surface area contributed by atoms with Crippen LogP contribution >= 0.6 is 11.8 Å². The molecule has 1 heterocycles. The molecule has 0 radical (unpaired) electrons. The van der Waals surface area contributed by atoms with Crippen molar-refractivity contribution in [3.05, 3.63) is 35.9 Å². The van der Waals surface area contributed by atoms with Crippen LogP contribution in [-0.2, 0) is 30.3 Å². The number of benzene rings is 1. The predicted molar refractivity (Wildman–Crippen MR) is 109 cm³/mol. The first-order valence-electron chi connectivity index (χ1n) is 9.16. The summed E-state index contributed by atoms with van der Waals surface area (Å²) in [4.78, 5) is 47.6. The van der Waals surface area contributed by atoms with Crippen LogP contribution in [0.3, 0.4) is 0 Å². The van der Waals surface area contributed by atoms with Crippen LogP contribution in [0.5, 0.6) is 0 Å². The van der Waals surface area contributed by atoms with Crippen molar-refractivity contribution < 1.29 is 34.1 Å². The fourth-order valence-corrected chi connectivity index (χ4v) is 4.40. The van der Waals surface area contributed by atoms with Gasteiger partial charge in [-0.1, -0.05) is 30.3 Å². The third kappa shape index (κ3) is 6.18. The highest BCUT2D eigenvalue weighted by Gasteiger charge is 2.49. The average Bonchev–Trinajstić information content (AvgIpc) is 2.99. The first kappa shape index (κ1) is 23.6. The molecule has 30 heavy (non-hydrogen) atoms. The van der Waals surface area contributed by atoms with Crippen molar-refractivity contribution in [3.8, 4) is 0 Å². The van der Waals surface area contributed by atoms with Crippen LogP contribution in [0.25, 0.3) is 0 Å². The molecule has 0 bridgehead atoms. The third-order valence-corrected chi connectivity index (χ3v) is 6.01. The van der Waals surface area contributed by atoms with E-state index in [0.717, 1.165) is 5.56 Å². The van der Waals surface area contributed by atoms with E-state index in [1.54, 1.807) is 44.2 Å². The van der Waals surface area contributed by atoms with E-state index in [1.165, 1.54) is 11.8 Å². The Labute approximate surface area is 177 Å². The van der Waals surface area contributed by atoms with Crippen molar-refractivity contribution in [2.75, 3.05) is 6.61 Å². The standard InChI is InChI=1S/C19H25N3O7S/c1-19(2)14(17(26)27)22-15(30-19)13(18(28)29-9-11(20)16(24)25)21-12(23)8-10-6-4-3-5-7-10/h3-7,11,13-15,22H,8-9,20H2,1-2H3,(H,21,23)(H,24,25)(H,26,27)/t11-,13-,14+,15+/m1/s1. The predicted octanol–water partition coefficient (Wildman–Crippen LogP) is -0.437. The Morgan fingerprint density at radius 3 is 2.40 bits per heavy atom. The van der Waals surface area contributed by atoms with Gasteiger partial charge in [-0.05, 0) is 19.4 Å². The summed E-state index contributed by atoms with van der Waals surface area (Å²) in [6.07, 6.45) is 0.00238. The minimum absolute atomic E-state index is 0.00238. The molecule has 4 atom stereocenters. The number of amides is 1. The van der Waals surface area contributed by atoms with Gasteiger partial charge in [0.2, 0.25) is 5.91 Å². The van der Waals surface area contributed by atoms with Gasteiger partial charge in [0.15, 0.2) is 6.04 Å². The lowest BCUT2D eigenvalue weighted by atomic mass is 10.0. The number of carboxylic acids is 2. The van der Waals surface area contributed by atoms with Crippen LogP contribution in [0.2, 0.25) is 0 Å². The molecule has 6 N–H and O–H groups in total. The van der Waals surface area contributed by atoms with Crippen LogP contribution in [0.1, 0.15) is 19.4 Å². The van der Waals surface area contributed by atoms with Crippen LogP contribution in [0.15, 0.2) is 30.3 Å². The summed E-state index contributed by atoms with van der Waals surface area (Å²) in [6, 6.07) is 5.25. The number of nitrogens with one attached hydrogen (secondary N) is 2. The maximum absolute atomic E-state index is 12.6. The molecule has 11 heteroatoms. The van der Waals surface area contributed by atoms with Crippen molar-refractivity contribution >= 4 is 35.6 Å². The Hall–Kier alpha value is -2.63. The van der Waals surface area contributed by atoms with Crippen molar-refractivity contribution in [1.29, 1.82) is 0 Å².